The first-order valence-corrected chi connectivity index (χ1v) is 32.9. The second-order valence-corrected chi connectivity index (χ2v) is 29.8. The highest BCUT2D eigenvalue weighted by Gasteiger charge is 2.28. The van der Waals surface area contributed by atoms with Crippen molar-refractivity contribution in [2.45, 2.75) is 80.0 Å². The summed E-state index contributed by atoms with van der Waals surface area (Å²) >= 11 is 0. The molecule has 0 nitrogen and oxygen atoms in total. The van der Waals surface area contributed by atoms with Crippen molar-refractivity contribution in [2.24, 2.45) is 0 Å². The lowest BCUT2D eigenvalue weighted by molar-refractivity contribution is 1.26. The topological polar surface area (TPSA) is 0 Å². The van der Waals surface area contributed by atoms with Crippen LogP contribution in [-0.2, 0) is 24.6 Å². The minimum absolute atomic E-state index is 0.783. The largest absolute Gasteiger partial charge is 0.0617 e. The van der Waals surface area contributed by atoms with Gasteiger partial charge in [-0.25, -0.2) is 0 Å². The Balaban J connectivity index is 1.26. The summed E-state index contributed by atoms with van der Waals surface area (Å²) in [6.45, 7) is 17.7. The first-order chi connectivity index (χ1) is 36.9. The Kier molecular flexibility index (Phi) is 17.2. The third-order valence-corrected chi connectivity index (χ3v) is 24.8. The predicted octanol–water partition coefficient (Wildman–Crippen LogP) is 16.4. The van der Waals surface area contributed by atoms with E-state index in [-0.39, 0.29) is 0 Å². The van der Waals surface area contributed by atoms with E-state index in [2.05, 4.69) is 286 Å². The second kappa shape index (κ2) is 24.5. The Hall–Kier alpha value is -6.08. The average molecular weight is 1060 g/mol. The highest BCUT2D eigenvalue weighted by molar-refractivity contribution is 7.73. The molecule has 0 aromatic heterocycles. The maximum absolute atomic E-state index is 2.50. The molecule has 0 fully saturated rings. The third-order valence-electron chi connectivity index (χ3n) is 14.8. The zero-order valence-electron chi connectivity index (χ0n) is 45.6. The molecule has 76 heavy (non-hydrogen) atoms. The van der Waals surface area contributed by atoms with Gasteiger partial charge in [-0.05, 0) is 163 Å². The fourth-order valence-electron chi connectivity index (χ4n) is 10.3. The van der Waals surface area contributed by atoms with E-state index in [1.54, 1.807) is 0 Å². The molecule has 0 N–H and O–H groups in total. The van der Waals surface area contributed by atoms with Crippen molar-refractivity contribution in [3.05, 3.63) is 297 Å². The van der Waals surface area contributed by atoms with E-state index in [9.17, 15) is 0 Å². The van der Waals surface area contributed by atoms with E-state index in [1.165, 1.54) is 120 Å². The average Bonchev–Trinajstić information content (AvgIpc) is 3.46. The van der Waals surface area contributed by atoms with E-state index >= 15 is 0 Å². The Labute approximate surface area is 459 Å². The molecule has 0 bridgehead atoms. The van der Waals surface area contributed by atoms with Gasteiger partial charge < -0.3 is 0 Å². The fraction of sp³-hybridized carbons (Fsp3) is 0.167. The van der Waals surface area contributed by atoms with Crippen molar-refractivity contribution < 1.29 is 0 Å². The van der Waals surface area contributed by atoms with Gasteiger partial charge in [0.05, 0.1) is 0 Å². The molecule has 0 saturated carbocycles. The molecule has 0 saturated heterocycles. The van der Waals surface area contributed by atoms with Gasteiger partial charge in [-0.1, -0.05) is 275 Å². The minimum Gasteiger partial charge on any atom is -0.0617 e. The van der Waals surface area contributed by atoms with E-state index in [4.69, 9.17) is 0 Å². The second-order valence-electron chi connectivity index (χ2n) is 20.9. The summed E-state index contributed by atoms with van der Waals surface area (Å²) in [5, 5.41) is 11.3. The quantitative estimate of drug-likeness (QED) is 0.0797. The molecule has 10 aromatic carbocycles. The number of rotatable bonds is 17. The van der Waals surface area contributed by atoms with Crippen LogP contribution in [0.25, 0.3) is 11.1 Å². The van der Waals surface area contributed by atoms with E-state index < -0.39 is 31.7 Å². The molecule has 0 spiro atoms. The van der Waals surface area contributed by atoms with Crippen molar-refractivity contribution in [1.82, 2.24) is 0 Å². The minimum atomic E-state index is -0.783. The Morgan fingerprint density at radius 1 is 0.184 bits per heavy atom. The van der Waals surface area contributed by atoms with Crippen molar-refractivity contribution in [3.8, 4) is 11.1 Å². The number of hydrogen-bond acceptors (Lipinski definition) is 0. The Morgan fingerprint density at radius 2 is 0.316 bits per heavy atom. The van der Waals surface area contributed by atoms with Gasteiger partial charge in [0, 0.05) is 24.6 Å². The van der Waals surface area contributed by atoms with Crippen molar-refractivity contribution in [2.75, 3.05) is 0 Å². The van der Waals surface area contributed by atoms with Crippen molar-refractivity contribution in [3.63, 3.8) is 0 Å². The normalized spacial score (nSPS) is 11.6. The van der Waals surface area contributed by atoms with Crippen LogP contribution in [0.1, 0.15) is 66.8 Å². The van der Waals surface area contributed by atoms with E-state index in [0.29, 0.717) is 0 Å². The van der Waals surface area contributed by atoms with Crippen LogP contribution in [-0.4, -0.2) is 0 Å². The van der Waals surface area contributed by atoms with Crippen LogP contribution in [0.2, 0.25) is 0 Å². The van der Waals surface area contributed by atoms with Gasteiger partial charge in [0.2, 0.25) is 0 Å². The third kappa shape index (κ3) is 12.8. The van der Waals surface area contributed by atoms with Gasteiger partial charge >= 0.3 is 0 Å². The van der Waals surface area contributed by atoms with E-state index in [1.807, 2.05) is 0 Å². The van der Waals surface area contributed by atoms with Crippen LogP contribution < -0.4 is 42.4 Å². The Morgan fingerprint density at radius 3 is 0.447 bits per heavy atom. The maximum atomic E-state index is 2.50. The smallest absolute Gasteiger partial charge is 0.00137 e. The first-order valence-electron chi connectivity index (χ1n) is 26.8. The summed E-state index contributed by atoms with van der Waals surface area (Å²) in [5.41, 5.74) is 19.0. The molecule has 378 valence electrons. The number of aryl methyl sites for hydroxylation is 8. The molecule has 0 aliphatic carbocycles. The highest BCUT2D eigenvalue weighted by Crippen LogP contribution is 2.51. The molecule has 4 heteroatoms. The molecule has 0 amide bonds. The molecule has 0 unspecified atom stereocenters. The highest BCUT2D eigenvalue weighted by atomic mass is 31.1. The maximum Gasteiger partial charge on any atom is 0.00137 e. The van der Waals surface area contributed by atoms with Crippen LogP contribution in [0.15, 0.2) is 231 Å². The van der Waals surface area contributed by atoms with Crippen LogP contribution in [0.3, 0.4) is 0 Å². The monoisotopic (exact) mass is 1060 g/mol. The summed E-state index contributed by atoms with van der Waals surface area (Å²) in [5.74, 6) is 0. The number of benzene rings is 10. The molecule has 0 aliphatic heterocycles. The summed E-state index contributed by atoms with van der Waals surface area (Å²) in [6, 6.07) is 90.4. The van der Waals surface area contributed by atoms with Gasteiger partial charge in [0.15, 0.2) is 0 Å². The van der Waals surface area contributed by atoms with Gasteiger partial charge in [0.25, 0.3) is 0 Å². The molecular formula is C72H70P4. The van der Waals surface area contributed by atoms with Gasteiger partial charge in [0.1, 0.15) is 0 Å². The van der Waals surface area contributed by atoms with Gasteiger partial charge in [-0.2, -0.15) is 0 Å². The lowest BCUT2D eigenvalue weighted by Crippen LogP contribution is -2.17. The molecule has 0 heterocycles. The fourth-order valence-corrected chi connectivity index (χ4v) is 19.4. The van der Waals surface area contributed by atoms with Crippen LogP contribution >= 0.6 is 31.7 Å². The van der Waals surface area contributed by atoms with Crippen LogP contribution in [0.5, 0.6) is 0 Å². The SMILES string of the molecule is Cc1ccc(P(Cc2cccc(CP(c3ccc(C)cc3)c3ccc(C)cc3)c2-c2c(CP(c3ccc(C)cc3)c3ccc(C)cc3)cccc2CP(c2ccc(C)cc2)c2ccc(C)cc2)c2ccc(C)cc2)cc1. The lowest BCUT2D eigenvalue weighted by atomic mass is 9.89. The van der Waals surface area contributed by atoms with Crippen molar-refractivity contribution in [1.29, 1.82) is 0 Å². The molecular weight excluding hydrogens is 989 g/mol. The number of hydrogen-bond donors (Lipinski definition) is 0. The molecule has 0 atom stereocenters. The predicted molar refractivity (Wildman–Crippen MR) is 341 cm³/mol. The summed E-state index contributed by atoms with van der Waals surface area (Å²) in [7, 11) is -3.13. The lowest BCUT2D eigenvalue weighted by Gasteiger charge is -2.29. The standard InChI is InChI=1S/C72H70P4/c1-51-15-31-63(32-16-51)73(64-33-17-52(2)18-34-64)47-59-11-9-12-60(48-74(65-35-19-53(3)20-36-65)66-37-21-54(4)22-38-66)71(59)72-61(49-75(67-39-23-55(5)24-40-67)68-41-25-56(6)26-42-68)13-10-14-62(72)50-76(69-43-27-57(7)28-44-69)70-45-29-58(8)30-46-70/h9-46H,47-50H2,1-8H3. The summed E-state index contributed by atoms with van der Waals surface area (Å²) in [4.78, 5) is 0. The van der Waals surface area contributed by atoms with Crippen molar-refractivity contribution >= 4 is 74.1 Å². The molecule has 0 aliphatic rings. The zero-order chi connectivity index (χ0) is 52.7. The first kappa shape index (κ1) is 53.3. The van der Waals surface area contributed by atoms with Crippen LogP contribution in [0, 0.1) is 55.4 Å². The summed E-state index contributed by atoms with van der Waals surface area (Å²) < 4.78 is 0. The molecule has 0 radical (unpaired) electrons. The zero-order valence-corrected chi connectivity index (χ0v) is 49.1. The molecule has 10 rings (SSSR count). The van der Waals surface area contributed by atoms with Crippen LogP contribution in [0.4, 0.5) is 0 Å². The van der Waals surface area contributed by atoms with Gasteiger partial charge in [-0.3, -0.25) is 0 Å². The van der Waals surface area contributed by atoms with Gasteiger partial charge in [-0.15, -0.1) is 0 Å². The molecule has 10 aromatic rings. The summed E-state index contributed by atoms with van der Waals surface area (Å²) in [6.07, 6.45) is 3.73. The Bertz CT molecular complexity index is 2850. The van der Waals surface area contributed by atoms with E-state index in [0.717, 1.165) is 24.6 Å².